The summed E-state index contributed by atoms with van der Waals surface area (Å²) in [6.45, 7) is -0.384. The minimum atomic E-state index is -2.55. The summed E-state index contributed by atoms with van der Waals surface area (Å²) < 4.78 is 36.8. The molecule has 0 saturated carbocycles. The lowest BCUT2D eigenvalue weighted by Gasteiger charge is -2.14. The van der Waals surface area contributed by atoms with E-state index in [9.17, 15) is 0 Å². The molecule has 0 aromatic heterocycles. The summed E-state index contributed by atoms with van der Waals surface area (Å²) in [7, 11) is 0. The third kappa shape index (κ3) is 6.66. The molecule has 0 radical (unpaired) electrons. The van der Waals surface area contributed by atoms with Gasteiger partial charge in [-0.25, -0.2) is 0 Å². The maximum Gasteiger partial charge on any atom is 0.0431 e. The molecule has 0 aromatic carbocycles. The minimum absolute atomic E-state index is 0.0861. The van der Waals surface area contributed by atoms with Crippen molar-refractivity contribution in [1.82, 2.24) is 0 Å². The van der Waals surface area contributed by atoms with E-state index >= 15 is 0 Å². The summed E-state index contributed by atoms with van der Waals surface area (Å²) in [6.07, 6.45) is 2.09. The zero-order valence-electron chi connectivity index (χ0n) is 13.0. The van der Waals surface area contributed by atoms with Crippen molar-refractivity contribution in [2.75, 3.05) is 6.61 Å². The highest BCUT2D eigenvalue weighted by molar-refractivity contribution is 4.58. The summed E-state index contributed by atoms with van der Waals surface area (Å²) in [5, 5.41) is 8.71. The third-order valence-corrected chi connectivity index (χ3v) is 2.11. The van der Waals surface area contributed by atoms with E-state index < -0.39 is 13.2 Å². The van der Waals surface area contributed by atoms with Gasteiger partial charge >= 0.3 is 0 Å². The fraction of sp³-hybridized carbons (Fsp3) is 1.00. The highest BCUT2D eigenvalue weighted by atomic mass is 16.2. The molecule has 1 heteroatoms. The van der Waals surface area contributed by atoms with Crippen molar-refractivity contribution in [3.8, 4) is 0 Å². The first kappa shape index (κ1) is 5.64. The molecule has 1 N–H and O–H groups in total. The van der Waals surface area contributed by atoms with Crippen molar-refractivity contribution in [1.29, 1.82) is 0 Å². The Kier molecular flexibility index (Phi) is 4.25. The van der Waals surface area contributed by atoms with Gasteiger partial charge in [-0.3, -0.25) is 0 Å². The maximum atomic E-state index is 8.71. The standard InChI is InChI=1S/C11H24O/c1-3-7-11(8-4-2)9-5-6-10-12/h11-12H,3-10H2,1-2H3/i1D3,3D2/t11-/m0/s1. The summed E-state index contributed by atoms with van der Waals surface area (Å²) in [4.78, 5) is 0. The molecule has 0 rings (SSSR count). The first-order chi connectivity index (χ1) is 7.74. The Morgan fingerprint density at radius 1 is 1.33 bits per heavy atom. The summed E-state index contributed by atoms with van der Waals surface area (Å²) in [5.41, 5.74) is 0. The van der Waals surface area contributed by atoms with Crippen LogP contribution >= 0.6 is 0 Å². The molecule has 12 heavy (non-hydrogen) atoms. The van der Waals surface area contributed by atoms with Gasteiger partial charge in [-0.15, -0.1) is 0 Å². The SMILES string of the molecule is [2H]C([2H])([2H])C([2H])([2H])C[C@@H](CCC)CCCCO. The van der Waals surface area contributed by atoms with Gasteiger partial charge in [-0.05, 0) is 12.3 Å². The van der Waals surface area contributed by atoms with Gasteiger partial charge in [0.1, 0.15) is 0 Å². The molecule has 0 heterocycles. The fourth-order valence-corrected chi connectivity index (χ4v) is 1.45. The van der Waals surface area contributed by atoms with E-state index in [1.165, 1.54) is 0 Å². The molecule has 74 valence electrons. The van der Waals surface area contributed by atoms with Gasteiger partial charge in [0.05, 0.1) is 0 Å². The highest BCUT2D eigenvalue weighted by Crippen LogP contribution is 2.19. The fourth-order valence-electron chi connectivity index (χ4n) is 1.45. The van der Waals surface area contributed by atoms with E-state index in [-0.39, 0.29) is 18.9 Å². The molecule has 0 unspecified atom stereocenters. The topological polar surface area (TPSA) is 20.2 Å². The van der Waals surface area contributed by atoms with Crippen LogP contribution in [0.4, 0.5) is 0 Å². The Hall–Kier alpha value is -0.0400. The molecule has 0 aliphatic carbocycles. The van der Waals surface area contributed by atoms with Gasteiger partial charge in [0.15, 0.2) is 0 Å². The Bertz CT molecular complexity index is 203. The van der Waals surface area contributed by atoms with E-state index in [2.05, 4.69) is 0 Å². The molecule has 0 spiro atoms. The van der Waals surface area contributed by atoms with Crippen LogP contribution in [0.1, 0.15) is 65.5 Å². The van der Waals surface area contributed by atoms with Crippen LogP contribution in [0.3, 0.4) is 0 Å². The van der Waals surface area contributed by atoms with Gasteiger partial charge in [-0.1, -0.05) is 52.3 Å². The third-order valence-electron chi connectivity index (χ3n) is 2.11. The normalized spacial score (nSPS) is 21.7. The molecular weight excluding hydrogens is 148 g/mol. The summed E-state index contributed by atoms with van der Waals surface area (Å²) in [5.74, 6) is 0.0991. The second-order valence-corrected chi connectivity index (χ2v) is 3.25. The van der Waals surface area contributed by atoms with Crippen LogP contribution < -0.4 is 0 Å². The van der Waals surface area contributed by atoms with Gasteiger partial charge < -0.3 is 5.11 Å². The molecular formula is C11H24O. The molecule has 0 saturated heterocycles. The van der Waals surface area contributed by atoms with Crippen LogP contribution in [0, 0.1) is 5.92 Å². The van der Waals surface area contributed by atoms with Gasteiger partial charge in [0.25, 0.3) is 0 Å². The lowest BCUT2D eigenvalue weighted by atomic mass is 9.93. The Morgan fingerprint density at radius 3 is 2.75 bits per heavy atom. The monoisotopic (exact) mass is 177 g/mol. The Morgan fingerprint density at radius 2 is 2.17 bits per heavy atom. The van der Waals surface area contributed by atoms with Crippen LogP contribution in [0.5, 0.6) is 0 Å². The maximum absolute atomic E-state index is 8.71. The number of unbranched alkanes of at least 4 members (excludes halogenated alkanes) is 1. The number of aliphatic hydroxyl groups excluding tert-OH is 1. The highest BCUT2D eigenvalue weighted by Gasteiger charge is 2.05. The molecule has 0 aliphatic rings. The molecule has 0 amide bonds. The lowest BCUT2D eigenvalue weighted by molar-refractivity contribution is 0.274. The van der Waals surface area contributed by atoms with Gasteiger partial charge in [-0.2, -0.15) is 0 Å². The molecule has 1 nitrogen and oxygen atoms in total. The van der Waals surface area contributed by atoms with Crippen LogP contribution in [-0.2, 0) is 0 Å². The Balaban J connectivity index is 4.32. The summed E-state index contributed by atoms with van der Waals surface area (Å²) >= 11 is 0. The van der Waals surface area contributed by atoms with E-state index in [0.717, 1.165) is 25.7 Å². The van der Waals surface area contributed by atoms with Crippen molar-refractivity contribution in [3.63, 3.8) is 0 Å². The quantitative estimate of drug-likeness (QED) is 0.564. The van der Waals surface area contributed by atoms with Crippen molar-refractivity contribution < 1.29 is 12.0 Å². The van der Waals surface area contributed by atoms with E-state index in [0.29, 0.717) is 6.42 Å². The second kappa shape index (κ2) is 9.05. The van der Waals surface area contributed by atoms with Gasteiger partial charge in [0, 0.05) is 13.5 Å². The largest absolute Gasteiger partial charge is 0.396 e. The number of aliphatic hydroxyl groups is 1. The number of hydrogen-bond donors (Lipinski definition) is 1. The number of hydrogen-bond acceptors (Lipinski definition) is 1. The molecule has 0 fully saturated rings. The van der Waals surface area contributed by atoms with Crippen molar-refractivity contribution >= 4 is 0 Å². The molecule has 0 aliphatic heterocycles. The van der Waals surface area contributed by atoms with Crippen LogP contribution in [-0.4, -0.2) is 11.7 Å². The molecule has 1 atom stereocenters. The van der Waals surface area contributed by atoms with Crippen LogP contribution in [0.2, 0.25) is 0 Å². The van der Waals surface area contributed by atoms with E-state index in [4.69, 9.17) is 12.0 Å². The first-order valence-corrected chi connectivity index (χ1v) is 4.85. The predicted molar refractivity (Wildman–Crippen MR) is 54.2 cm³/mol. The van der Waals surface area contributed by atoms with Crippen LogP contribution in [0.15, 0.2) is 0 Å². The van der Waals surface area contributed by atoms with Crippen molar-refractivity contribution in [2.24, 2.45) is 5.92 Å². The van der Waals surface area contributed by atoms with Crippen LogP contribution in [0.25, 0.3) is 0 Å². The first-order valence-electron chi connectivity index (χ1n) is 7.35. The molecule has 0 bridgehead atoms. The molecule has 0 aromatic rings. The average molecular weight is 177 g/mol. The van der Waals surface area contributed by atoms with Crippen molar-refractivity contribution in [2.45, 2.75) is 58.7 Å². The lowest BCUT2D eigenvalue weighted by Crippen LogP contribution is -2.00. The zero-order valence-corrected chi connectivity index (χ0v) is 7.97. The van der Waals surface area contributed by atoms with E-state index in [1.807, 2.05) is 6.92 Å². The van der Waals surface area contributed by atoms with E-state index in [1.54, 1.807) is 0 Å². The average Bonchev–Trinajstić information content (AvgIpc) is 2.16. The van der Waals surface area contributed by atoms with Crippen molar-refractivity contribution in [3.05, 3.63) is 0 Å². The van der Waals surface area contributed by atoms with Gasteiger partial charge in [0.2, 0.25) is 0 Å². The smallest absolute Gasteiger partial charge is 0.0431 e. The second-order valence-electron chi connectivity index (χ2n) is 3.25. The predicted octanol–water partition coefficient (Wildman–Crippen LogP) is 3.37. The Labute approximate surface area is 84.2 Å². The number of rotatable bonds is 8. The summed E-state index contributed by atoms with van der Waals surface area (Å²) in [6, 6.07) is 0. The minimum Gasteiger partial charge on any atom is -0.396 e. The zero-order chi connectivity index (χ0) is 13.5.